The first-order valence-corrected chi connectivity index (χ1v) is 13.1. The third kappa shape index (κ3) is 5.48. The van der Waals surface area contributed by atoms with E-state index in [1.54, 1.807) is 6.92 Å². The van der Waals surface area contributed by atoms with Crippen LogP contribution in [0.25, 0.3) is 0 Å². The van der Waals surface area contributed by atoms with Gasteiger partial charge in [0.05, 0.1) is 12.4 Å². The van der Waals surface area contributed by atoms with Crippen molar-refractivity contribution >= 4 is 15.9 Å². The molecule has 0 bridgehead atoms. The quantitative estimate of drug-likeness (QED) is 0.593. The van der Waals surface area contributed by atoms with Crippen LogP contribution in [0.15, 0.2) is 18.2 Å². The number of nitrogens with one attached hydrogen (secondary N) is 2. The number of aliphatic hydroxyl groups excluding tert-OH is 1. The minimum Gasteiger partial charge on any atom is -0.392 e. The Hall–Kier alpha value is -1.58. The maximum atomic E-state index is 13.4. The van der Waals surface area contributed by atoms with Crippen molar-refractivity contribution in [2.24, 2.45) is 29.1 Å². The molecule has 2 aliphatic rings. The number of fused-ring (bicyclic) bond motifs is 1. The molecule has 2 aliphatic carbocycles. The van der Waals surface area contributed by atoms with Crippen LogP contribution in [0, 0.1) is 40.7 Å². The van der Waals surface area contributed by atoms with Gasteiger partial charge in [0, 0.05) is 24.6 Å². The van der Waals surface area contributed by atoms with Crippen molar-refractivity contribution in [3.8, 4) is 0 Å². The molecule has 3 N–H and O–H groups in total. The van der Waals surface area contributed by atoms with Crippen LogP contribution in [0.3, 0.4) is 0 Å². The molecule has 0 aliphatic heterocycles. The summed E-state index contributed by atoms with van der Waals surface area (Å²) in [6.45, 7) is 5.88. The van der Waals surface area contributed by atoms with Crippen LogP contribution in [0.4, 0.5) is 8.78 Å². The van der Waals surface area contributed by atoms with E-state index in [0.29, 0.717) is 12.0 Å². The lowest BCUT2D eigenvalue weighted by molar-refractivity contribution is -0.141. The zero-order valence-electron chi connectivity index (χ0n) is 19.1. The SMILES string of the molecule is C[C@H]1[C@@H]2[C@@H](O)C([C@H](C)C(=O)NCc3cc(F)cc(F)c3)CC[C@@]2(C)CC[C@@H]1NS(C)(=O)=O. The number of rotatable bonds is 6. The molecule has 32 heavy (non-hydrogen) atoms. The Labute approximate surface area is 189 Å². The number of hydrogen-bond donors (Lipinski definition) is 3. The fourth-order valence-corrected chi connectivity index (χ4v) is 6.88. The Balaban J connectivity index is 1.69. The number of carbonyl (C=O) groups is 1. The molecule has 3 rings (SSSR count). The first-order chi connectivity index (χ1) is 14.8. The van der Waals surface area contributed by atoms with Gasteiger partial charge in [0.15, 0.2) is 0 Å². The smallest absolute Gasteiger partial charge is 0.223 e. The van der Waals surface area contributed by atoms with Crippen LogP contribution in [0.5, 0.6) is 0 Å². The summed E-state index contributed by atoms with van der Waals surface area (Å²) < 4.78 is 53.1. The molecule has 2 fully saturated rings. The maximum absolute atomic E-state index is 13.4. The van der Waals surface area contributed by atoms with Crippen molar-refractivity contribution in [3.05, 3.63) is 35.4 Å². The molecule has 1 amide bonds. The molecule has 1 aromatic carbocycles. The zero-order chi connectivity index (χ0) is 23.8. The van der Waals surface area contributed by atoms with Crippen molar-refractivity contribution in [2.45, 2.75) is 65.1 Å². The van der Waals surface area contributed by atoms with Gasteiger partial charge in [-0.15, -0.1) is 0 Å². The molecule has 0 saturated heterocycles. The number of carbonyl (C=O) groups excluding carboxylic acids is 1. The van der Waals surface area contributed by atoms with E-state index in [1.165, 1.54) is 12.1 Å². The number of amides is 1. The second-order valence-corrected chi connectivity index (χ2v) is 11.8. The minimum atomic E-state index is -3.36. The predicted molar refractivity (Wildman–Crippen MR) is 118 cm³/mol. The third-order valence-corrected chi connectivity index (χ3v) is 8.43. The summed E-state index contributed by atoms with van der Waals surface area (Å²) >= 11 is 0. The summed E-state index contributed by atoms with van der Waals surface area (Å²) in [6, 6.07) is 2.88. The highest BCUT2D eigenvalue weighted by Crippen LogP contribution is 2.55. The van der Waals surface area contributed by atoms with Crippen LogP contribution < -0.4 is 10.0 Å². The minimum absolute atomic E-state index is 0.00142. The average molecular weight is 473 g/mol. The first kappa shape index (κ1) is 25.1. The summed E-state index contributed by atoms with van der Waals surface area (Å²) in [4.78, 5) is 12.8. The zero-order valence-corrected chi connectivity index (χ0v) is 19.9. The number of aliphatic hydroxyl groups is 1. The molecule has 0 heterocycles. The highest BCUT2D eigenvalue weighted by atomic mass is 32.2. The van der Waals surface area contributed by atoms with Gasteiger partial charge in [-0.05, 0) is 66.5 Å². The van der Waals surface area contributed by atoms with E-state index in [4.69, 9.17) is 0 Å². The summed E-state index contributed by atoms with van der Waals surface area (Å²) in [7, 11) is -3.36. The van der Waals surface area contributed by atoms with E-state index in [2.05, 4.69) is 17.0 Å². The highest BCUT2D eigenvalue weighted by Gasteiger charge is 2.53. The van der Waals surface area contributed by atoms with Gasteiger partial charge in [0.25, 0.3) is 0 Å². The second kappa shape index (κ2) is 9.35. The molecule has 9 heteroatoms. The summed E-state index contributed by atoms with van der Waals surface area (Å²) in [5, 5.41) is 14.1. The number of benzene rings is 1. The molecule has 1 unspecified atom stereocenters. The van der Waals surface area contributed by atoms with Gasteiger partial charge in [0.1, 0.15) is 11.6 Å². The Kier molecular flexibility index (Phi) is 7.32. The lowest BCUT2D eigenvalue weighted by Crippen LogP contribution is -2.58. The van der Waals surface area contributed by atoms with E-state index in [0.717, 1.165) is 31.6 Å². The Morgan fingerprint density at radius 2 is 1.81 bits per heavy atom. The topological polar surface area (TPSA) is 95.5 Å². The molecular weight excluding hydrogens is 438 g/mol. The van der Waals surface area contributed by atoms with E-state index in [-0.39, 0.29) is 41.7 Å². The molecular formula is C23H34F2N2O4S. The average Bonchev–Trinajstić information content (AvgIpc) is 2.66. The van der Waals surface area contributed by atoms with Crippen molar-refractivity contribution in [2.75, 3.05) is 6.26 Å². The van der Waals surface area contributed by atoms with Crippen LogP contribution >= 0.6 is 0 Å². The van der Waals surface area contributed by atoms with Crippen molar-refractivity contribution < 1.29 is 27.1 Å². The Morgan fingerprint density at radius 3 is 2.41 bits per heavy atom. The van der Waals surface area contributed by atoms with Gasteiger partial charge in [-0.25, -0.2) is 21.9 Å². The second-order valence-electron chi connectivity index (χ2n) is 10.1. The van der Waals surface area contributed by atoms with Gasteiger partial charge in [-0.3, -0.25) is 4.79 Å². The van der Waals surface area contributed by atoms with E-state index in [1.807, 2.05) is 6.92 Å². The predicted octanol–water partition coefficient (Wildman–Crippen LogP) is 2.96. The molecule has 7 atom stereocenters. The van der Waals surface area contributed by atoms with Gasteiger partial charge in [-0.1, -0.05) is 20.8 Å². The van der Waals surface area contributed by atoms with Gasteiger partial charge >= 0.3 is 0 Å². The number of halogens is 2. The Bertz CT molecular complexity index is 937. The fraction of sp³-hybridized carbons (Fsp3) is 0.696. The molecule has 0 radical (unpaired) electrons. The first-order valence-electron chi connectivity index (χ1n) is 11.2. The normalized spacial score (nSPS) is 33.9. The fourth-order valence-electron chi connectivity index (χ4n) is 5.99. The molecule has 180 valence electrons. The largest absolute Gasteiger partial charge is 0.392 e. The molecule has 0 aromatic heterocycles. The lowest BCUT2D eigenvalue weighted by Gasteiger charge is -2.56. The summed E-state index contributed by atoms with van der Waals surface area (Å²) in [5.41, 5.74) is 0.218. The highest BCUT2D eigenvalue weighted by molar-refractivity contribution is 7.88. The van der Waals surface area contributed by atoms with Crippen molar-refractivity contribution in [1.82, 2.24) is 10.0 Å². The van der Waals surface area contributed by atoms with Gasteiger partial charge < -0.3 is 10.4 Å². The maximum Gasteiger partial charge on any atom is 0.223 e. The molecule has 2 saturated carbocycles. The van der Waals surface area contributed by atoms with Crippen LogP contribution in [0.1, 0.15) is 52.0 Å². The van der Waals surface area contributed by atoms with Gasteiger partial charge in [0.2, 0.25) is 15.9 Å². The Morgan fingerprint density at radius 1 is 1.22 bits per heavy atom. The summed E-state index contributed by atoms with van der Waals surface area (Å²) in [6.07, 6.45) is 3.46. The number of hydrogen-bond acceptors (Lipinski definition) is 4. The van der Waals surface area contributed by atoms with Crippen molar-refractivity contribution in [1.29, 1.82) is 0 Å². The molecule has 6 nitrogen and oxygen atoms in total. The van der Waals surface area contributed by atoms with E-state index < -0.39 is 33.7 Å². The van der Waals surface area contributed by atoms with E-state index >= 15 is 0 Å². The lowest BCUT2D eigenvalue weighted by atomic mass is 9.52. The van der Waals surface area contributed by atoms with Crippen LogP contribution in [-0.2, 0) is 21.4 Å². The standard InChI is InChI=1S/C23H34F2N2O4S/c1-13(22(29)26-12-15-9-16(24)11-17(25)10-15)18-5-7-23(3)8-6-19(27-32(4,30)31)14(2)20(23)21(18)28/h9-11,13-14,18-21,27-28H,5-8,12H2,1-4H3,(H,26,29)/t13-,14+,18?,19-,20+,21-,23-/m0/s1. The monoisotopic (exact) mass is 472 g/mol. The van der Waals surface area contributed by atoms with Gasteiger partial charge in [-0.2, -0.15) is 0 Å². The van der Waals surface area contributed by atoms with Crippen LogP contribution in [-0.4, -0.2) is 37.8 Å². The number of sulfonamides is 1. The molecule has 0 spiro atoms. The third-order valence-electron chi connectivity index (χ3n) is 7.70. The van der Waals surface area contributed by atoms with E-state index in [9.17, 15) is 27.1 Å². The van der Waals surface area contributed by atoms with Crippen molar-refractivity contribution in [3.63, 3.8) is 0 Å². The summed E-state index contributed by atoms with van der Waals surface area (Å²) in [5.74, 6) is -2.67. The van der Waals surface area contributed by atoms with Crippen LogP contribution in [0.2, 0.25) is 0 Å². The molecule has 1 aromatic rings.